The summed E-state index contributed by atoms with van der Waals surface area (Å²) >= 11 is 0. The lowest BCUT2D eigenvalue weighted by molar-refractivity contribution is -0.173. The molecular weight excluding hydrogens is 473 g/mol. The maximum atomic E-state index is 13.5. The molecule has 36 heavy (non-hydrogen) atoms. The normalized spacial score (nSPS) is 14.9. The summed E-state index contributed by atoms with van der Waals surface area (Å²) < 4.78 is 44.6. The second-order valence-electron chi connectivity index (χ2n) is 9.04. The number of methoxy groups -OCH3 is 1. The van der Waals surface area contributed by atoms with Crippen LogP contribution in [0.15, 0.2) is 42.7 Å². The second kappa shape index (κ2) is 10.7. The molecule has 4 rings (SSSR count). The minimum absolute atomic E-state index is 0.0169. The number of ether oxygens (including phenoxy) is 1. The topological polar surface area (TPSA) is 76.5 Å². The van der Waals surface area contributed by atoms with Crippen molar-refractivity contribution < 1.29 is 27.5 Å². The van der Waals surface area contributed by atoms with E-state index in [0.29, 0.717) is 50.2 Å². The van der Waals surface area contributed by atoms with Crippen molar-refractivity contribution in [2.75, 3.05) is 26.8 Å². The van der Waals surface area contributed by atoms with Crippen LogP contribution < -0.4 is 5.32 Å². The number of para-hydroxylation sites is 1. The van der Waals surface area contributed by atoms with Gasteiger partial charge in [-0.25, -0.2) is 0 Å². The fourth-order valence-corrected chi connectivity index (χ4v) is 4.74. The Morgan fingerprint density at radius 1 is 1.19 bits per heavy atom. The molecule has 7 nitrogen and oxygen atoms in total. The smallest absolute Gasteiger partial charge is 0.383 e. The van der Waals surface area contributed by atoms with Gasteiger partial charge in [0.15, 0.2) is 0 Å². The maximum Gasteiger partial charge on any atom is 0.471 e. The minimum atomic E-state index is -4.91. The fourth-order valence-electron chi connectivity index (χ4n) is 4.74. The highest BCUT2D eigenvalue weighted by Gasteiger charge is 2.38. The van der Waals surface area contributed by atoms with Crippen molar-refractivity contribution in [1.29, 1.82) is 0 Å². The molecule has 0 spiro atoms. The van der Waals surface area contributed by atoms with Crippen LogP contribution in [0.25, 0.3) is 10.9 Å². The molecule has 0 bridgehead atoms. The third-order valence-corrected chi connectivity index (χ3v) is 6.62. The van der Waals surface area contributed by atoms with Gasteiger partial charge in [0.05, 0.1) is 17.7 Å². The van der Waals surface area contributed by atoms with Gasteiger partial charge < -0.3 is 19.5 Å². The van der Waals surface area contributed by atoms with Crippen molar-refractivity contribution in [3.63, 3.8) is 0 Å². The Hall–Kier alpha value is -3.40. The number of benzene rings is 1. The Balaban J connectivity index is 1.43. The number of alkyl halides is 3. The lowest BCUT2D eigenvalue weighted by atomic mass is 9.92. The molecule has 1 aliphatic heterocycles. The Labute approximate surface area is 207 Å². The molecule has 0 radical (unpaired) electrons. The number of halogens is 3. The number of nitrogens with one attached hydrogen (secondary N) is 1. The van der Waals surface area contributed by atoms with Crippen LogP contribution in [0.2, 0.25) is 0 Å². The fraction of sp³-hybridized carbons (Fsp3) is 0.423. The number of likely N-dealkylation sites (tertiary alicyclic amines) is 1. The number of amides is 2. The van der Waals surface area contributed by atoms with E-state index in [0.717, 1.165) is 22.2 Å². The van der Waals surface area contributed by atoms with Gasteiger partial charge in [-0.05, 0) is 43.0 Å². The Morgan fingerprint density at radius 2 is 1.94 bits per heavy atom. The second-order valence-corrected chi connectivity index (χ2v) is 9.04. The van der Waals surface area contributed by atoms with Crippen molar-refractivity contribution in [2.24, 2.45) is 0 Å². The molecule has 10 heteroatoms. The third-order valence-electron chi connectivity index (χ3n) is 6.62. The monoisotopic (exact) mass is 502 g/mol. The van der Waals surface area contributed by atoms with Crippen LogP contribution in [-0.4, -0.2) is 59.2 Å². The van der Waals surface area contributed by atoms with Gasteiger partial charge in [-0.1, -0.05) is 18.2 Å². The van der Waals surface area contributed by atoms with Gasteiger partial charge >= 0.3 is 12.1 Å². The van der Waals surface area contributed by atoms with Crippen molar-refractivity contribution in [1.82, 2.24) is 19.8 Å². The number of pyridine rings is 1. The zero-order chi connectivity index (χ0) is 25.9. The van der Waals surface area contributed by atoms with E-state index in [9.17, 15) is 22.8 Å². The van der Waals surface area contributed by atoms with Gasteiger partial charge in [-0.2, -0.15) is 13.2 Å². The SMILES string of the molecule is COCCn1cc(C(=O)N2CCC(c3cc(CNC(=O)C(F)(F)F)ccn3)CC2)c2cccc(C)c21. The molecule has 3 heterocycles. The highest BCUT2D eigenvalue weighted by atomic mass is 19.4. The number of aromatic nitrogens is 2. The summed E-state index contributed by atoms with van der Waals surface area (Å²) in [6, 6.07) is 9.27. The summed E-state index contributed by atoms with van der Waals surface area (Å²) in [6.07, 6.45) is -0.0780. The first-order valence-electron chi connectivity index (χ1n) is 11.9. The first-order valence-corrected chi connectivity index (χ1v) is 11.9. The first-order chi connectivity index (χ1) is 17.2. The predicted octanol–water partition coefficient (Wildman–Crippen LogP) is 4.19. The van der Waals surface area contributed by atoms with Crippen LogP contribution in [0.1, 0.15) is 45.9 Å². The number of carbonyl (C=O) groups is 2. The molecular formula is C26H29F3N4O3. The summed E-state index contributed by atoms with van der Waals surface area (Å²) in [5.41, 5.74) is 4.11. The molecule has 3 aromatic rings. The van der Waals surface area contributed by atoms with Crippen LogP contribution >= 0.6 is 0 Å². The molecule has 2 amide bonds. The van der Waals surface area contributed by atoms with Crippen LogP contribution in [-0.2, 0) is 22.6 Å². The van der Waals surface area contributed by atoms with E-state index < -0.39 is 12.1 Å². The molecule has 2 aromatic heterocycles. The maximum absolute atomic E-state index is 13.5. The average Bonchev–Trinajstić information content (AvgIpc) is 3.25. The molecule has 0 saturated carbocycles. The van der Waals surface area contributed by atoms with E-state index in [4.69, 9.17) is 4.74 Å². The highest BCUT2D eigenvalue weighted by molar-refractivity contribution is 6.07. The Bertz CT molecular complexity index is 1250. The summed E-state index contributed by atoms with van der Waals surface area (Å²) in [5.74, 6) is -1.90. The molecule has 0 unspecified atom stereocenters. The van der Waals surface area contributed by atoms with Crippen molar-refractivity contribution in [3.05, 3.63) is 65.1 Å². The van der Waals surface area contributed by atoms with E-state index in [2.05, 4.69) is 9.55 Å². The molecule has 1 aliphatic rings. The molecule has 1 fully saturated rings. The summed E-state index contributed by atoms with van der Waals surface area (Å²) in [4.78, 5) is 30.8. The van der Waals surface area contributed by atoms with E-state index in [1.807, 2.05) is 41.5 Å². The van der Waals surface area contributed by atoms with Crippen LogP contribution in [0.3, 0.4) is 0 Å². The standard InChI is InChI=1S/C26H29F3N4O3/c1-17-4-3-5-20-21(16-33(23(17)20)12-13-36-2)24(34)32-10-7-19(8-11-32)22-14-18(6-9-30-22)15-31-25(35)26(27,28)29/h3-6,9,14,16,19H,7-8,10-13,15H2,1-2H3,(H,31,35). The average molecular weight is 503 g/mol. The highest BCUT2D eigenvalue weighted by Crippen LogP contribution is 2.30. The molecule has 1 saturated heterocycles. The van der Waals surface area contributed by atoms with E-state index in [-0.39, 0.29) is 18.4 Å². The number of piperidine rings is 1. The van der Waals surface area contributed by atoms with Crippen LogP contribution in [0.4, 0.5) is 13.2 Å². The summed E-state index contributed by atoms with van der Waals surface area (Å²) in [7, 11) is 1.65. The third kappa shape index (κ3) is 5.53. The molecule has 0 aliphatic carbocycles. The Morgan fingerprint density at radius 3 is 2.64 bits per heavy atom. The lowest BCUT2D eigenvalue weighted by Crippen LogP contribution is -2.38. The van der Waals surface area contributed by atoms with E-state index >= 15 is 0 Å². The number of rotatable bonds is 7. The first kappa shape index (κ1) is 25.7. The largest absolute Gasteiger partial charge is 0.471 e. The Kier molecular flexibility index (Phi) is 7.63. The van der Waals surface area contributed by atoms with E-state index in [1.54, 1.807) is 25.4 Å². The minimum Gasteiger partial charge on any atom is -0.383 e. The number of nitrogens with zero attached hydrogens (tertiary/aromatic N) is 3. The van der Waals surface area contributed by atoms with Crippen molar-refractivity contribution >= 4 is 22.7 Å². The molecule has 1 aromatic carbocycles. The van der Waals surface area contributed by atoms with Gasteiger partial charge in [0.25, 0.3) is 5.91 Å². The summed E-state index contributed by atoms with van der Waals surface area (Å²) in [6.45, 7) is 4.11. The van der Waals surface area contributed by atoms with Crippen LogP contribution in [0, 0.1) is 6.92 Å². The van der Waals surface area contributed by atoms with Gasteiger partial charge in [-0.3, -0.25) is 14.6 Å². The lowest BCUT2D eigenvalue weighted by Gasteiger charge is -2.32. The van der Waals surface area contributed by atoms with Gasteiger partial charge in [-0.15, -0.1) is 0 Å². The van der Waals surface area contributed by atoms with Gasteiger partial charge in [0.2, 0.25) is 0 Å². The number of aryl methyl sites for hydroxylation is 1. The zero-order valence-corrected chi connectivity index (χ0v) is 20.3. The molecule has 0 atom stereocenters. The van der Waals surface area contributed by atoms with Gasteiger partial charge in [0, 0.05) is 62.7 Å². The number of fused-ring (bicyclic) bond motifs is 1. The zero-order valence-electron chi connectivity index (χ0n) is 20.3. The number of hydrogen-bond acceptors (Lipinski definition) is 4. The predicted molar refractivity (Wildman–Crippen MR) is 129 cm³/mol. The van der Waals surface area contributed by atoms with Crippen molar-refractivity contribution in [2.45, 2.75) is 44.9 Å². The van der Waals surface area contributed by atoms with Crippen molar-refractivity contribution in [3.8, 4) is 0 Å². The van der Waals surface area contributed by atoms with E-state index in [1.165, 1.54) is 0 Å². The quantitative estimate of drug-likeness (QED) is 0.526. The number of hydrogen-bond donors (Lipinski definition) is 1. The molecule has 1 N–H and O–H groups in total. The number of carbonyl (C=O) groups excluding carboxylic acids is 2. The van der Waals surface area contributed by atoms with Crippen LogP contribution in [0.5, 0.6) is 0 Å². The summed E-state index contributed by atoms with van der Waals surface area (Å²) in [5, 5.41) is 2.81. The molecule has 192 valence electrons. The van der Waals surface area contributed by atoms with Gasteiger partial charge in [0.1, 0.15) is 0 Å².